The van der Waals surface area contributed by atoms with E-state index >= 15 is 0 Å². The molecule has 3 heteroatoms. The molecule has 0 fully saturated rings. The van der Waals surface area contributed by atoms with Crippen molar-refractivity contribution in [1.82, 2.24) is 9.97 Å². The molecule has 0 aliphatic carbocycles. The first-order valence-corrected chi connectivity index (χ1v) is 17.3. The van der Waals surface area contributed by atoms with Crippen LogP contribution in [0, 0.1) is 0 Å². The minimum atomic E-state index is -0.675. The Morgan fingerprint density at radius 2 is 0.760 bits per heavy atom. The third-order valence-electron chi connectivity index (χ3n) is 10.4. The smallest absolute Gasteiger partial charge is 0.107 e. The van der Waals surface area contributed by atoms with Gasteiger partial charge in [-0.3, -0.25) is 0 Å². The fourth-order valence-corrected chi connectivity index (χ4v) is 7.86. The number of aromatic amines is 2. The molecule has 3 nitrogen and oxygen atoms in total. The Labute approximate surface area is 290 Å². The largest absolute Gasteiger partial charge is 0.384 e. The van der Waals surface area contributed by atoms with Crippen molar-refractivity contribution >= 4 is 64.9 Å². The van der Waals surface area contributed by atoms with Crippen LogP contribution in [0.1, 0.15) is 41.2 Å². The van der Waals surface area contributed by atoms with Gasteiger partial charge < -0.3 is 15.1 Å². The maximum Gasteiger partial charge on any atom is 0.107 e. The molecule has 0 bridgehead atoms. The van der Waals surface area contributed by atoms with Crippen molar-refractivity contribution < 1.29 is 5.11 Å². The van der Waals surface area contributed by atoms with Crippen molar-refractivity contribution in [3.63, 3.8) is 0 Å². The van der Waals surface area contributed by atoms with Crippen LogP contribution >= 0.6 is 0 Å². The van der Waals surface area contributed by atoms with Gasteiger partial charge >= 0.3 is 0 Å². The van der Waals surface area contributed by atoms with Crippen LogP contribution in [0.3, 0.4) is 0 Å². The van der Waals surface area contributed by atoms with Crippen LogP contribution < -0.4 is 0 Å². The van der Waals surface area contributed by atoms with E-state index in [0.29, 0.717) is 5.92 Å². The van der Waals surface area contributed by atoms with Crippen molar-refractivity contribution in [2.45, 2.75) is 18.9 Å². The standard InChI is InChI=1S/C24H19N.C23H17NO/c1-16(23-15-25-24-13-7-6-12-21(23)24)22-14-17-8-2-3-9-18(17)19-10-4-5-11-20(19)22;25-23(21-14-24-22-12-6-5-11-19(21)22)20-13-15-7-1-2-8-16(15)17-9-3-4-10-18(17)20/h2-16,25H,1H3;1-14,23-25H. The summed E-state index contributed by atoms with van der Waals surface area (Å²) in [4.78, 5) is 6.69. The van der Waals surface area contributed by atoms with E-state index in [1.807, 2.05) is 42.6 Å². The van der Waals surface area contributed by atoms with Crippen molar-refractivity contribution in [3.05, 3.63) is 192 Å². The Morgan fingerprint density at radius 3 is 1.32 bits per heavy atom. The molecule has 8 aromatic carbocycles. The first-order valence-electron chi connectivity index (χ1n) is 17.3. The summed E-state index contributed by atoms with van der Waals surface area (Å²) in [6.07, 6.45) is 3.41. The van der Waals surface area contributed by atoms with Gasteiger partial charge in [0.2, 0.25) is 0 Å². The van der Waals surface area contributed by atoms with Crippen molar-refractivity contribution in [1.29, 1.82) is 0 Å². The second-order valence-electron chi connectivity index (χ2n) is 13.2. The Morgan fingerprint density at radius 1 is 0.380 bits per heavy atom. The molecular formula is C47H36N2O. The van der Waals surface area contributed by atoms with E-state index in [4.69, 9.17) is 0 Å². The number of hydrogen-bond donors (Lipinski definition) is 3. The molecule has 0 aliphatic heterocycles. The number of para-hydroxylation sites is 2. The molecule has 240 valence electrons. The Hall–Kier alpha value is -6.16. The molecular weight excluding hydrogens is 609 g/mol. The maximum absolute atomic E-state index is 11.2. The zero-order valence-corrected chi connectivity index (χ0v) is 27.8. The quantitative estimate of drug-likeness (QED) is 0.164. The molecule has 0 amide bonds. The lowest BCUT2D eigenvalue weighted by molar-refractivity contribution is 0.223. The van der Waals surface area contributed by atoms with Crippen molar-refractivity contribution in [3.8, 4) is 0 Å². The van der Waals surface area contributed by atoms with Crippen LogP contribution in [0.5, 0.6) is 0 Å². The Balaban J connectivity index is 0.000000135. The number of rotatable bonds is 4. The minimum absolute atomic E-state index is 0.325. The average molecular weight is 645 g/mol. The summed E-state index contributed by atoms with van der Waals surface area (Å²) in [6.45, 7) is 2.31. The summed E-state index contributed by atoms with van der Waals surface area (Å²) in [5.74, 6) is 0.325. The maximum atomic E-state index is 11.2. The number of aromatic nitrogens is 2. The number of benzene rings is 8. The van der Waals surface area contributed by atoms with Gasteiger partial charge in [0.05, 0.1) is 0 Å². The number of nitrogens with one attached hydrogen (secondary N) is 2. The zero-order chi connectivity index (χ0) is 33.6. The van der Waals surface area contributed by atoms with Gasteiger partial charge in [0, 0.05) is 45.7 Å². The van der Waals surface area contributed by atoms with E-state index < -0.39 is 6.10 Å². The lowest BCUT2D eigenvalue weighted by atomic mass is 9.87. The van der Waals surface area contributed by atoms with Gasteiger partial charge in [-0.15, -0.1) is 0 Å². The van der Waals surface area contributed by atoms with E-state index in [1.165, 1.54) is 54.3 Å². The second kappa shape index (κ2) is 12.4. The molecule has 0 radical (unpaired) electrons. The monoisotopic (exact) mass is 644 g/mol. The molecule has 50 heavy (non-hydrogen) atoms. The SMILES string of the molecule is CC(c1c[nH]c2ccccc12)c1cc2ccccc2c2ccccc12.OC(c1c[nH]c2ccccc12)c1cc2ccccc2c2ccccc12. The summed E-state index contributed by atoms with van der Waals surface area (Å²) < 4.78 is 0. The van der Waals surface area contributed by atoms with Gasteiger partial charge in [0.25, 0.3) is 0 Å². The first kappa shape index (κ1) is 29.9. The molecule has 3 N–H and O–H groups in total. The molecule has 2 aromatic heterocycles. The highest BCUT2D eigenvalue weighted by Crippen LogP contribution is 2.39. The number of aliphatic hydroxyl groups is 1. The fraction of sp³-hybridized carbons (Fsp3) is 0.0638. The van der Waals surface area contributed by atoms with Gasteiger partial charge in [0.15, 0.2) is 0 Å². The van der Waals surface area contributed by atoms with Crippen molar-refractivity contribution in [2.24, 2.45) is 0 Å². The summed E-state index contributed by atoms with van der Waals surface area (Å²) in [7, 11) is 0. The third-order valence-corrected chi connectivity index (χ3v) is 10.4. The molecule has 0 spiro atoms. The summed E-state index contributed by atoms with van der Waals surface area (Å²) in [5.41, 5.74) is 6.85. The summed E-state index contributed by atoms with van der Waals surface area (Å²) in [6, 6.07) is 55.2. The zero-order valence-electron chi connectivity index (χ0n) is 27.8. The Kier molecular flexibility index (Phi) is 7.41. The number of fused-ring (bicyclic) bond motifs is 8. The topological polar surface area (TPSA) is 51.8 Å². The van der Waals surface area contributed by atoms with Crippen LogP contribution in [0.4, 0.5) is 0 Å². The second-order valence-corrected chi connectivity index (χ2v) is 13.2. The predicted octanol–water partition coefficient (Wildman–Crippen LogP) is 12.2. The van der Waals surface area contributed by atoms with Gasteiger partial charge in [-0.25, -0.2) is 0 Å². The van der Waals surface area contributed by atoms with E-state index in [0.717, 1.165) is 32.8 Å². The molecule has 0 saturated carbocycles. The Bertz CT molecular complexity index is 2630. The highest BCUT2D eigenvalue weighted by atomic mass is 16.3. The van der Waals surface area contributed by atoms with Crippen LogP contribution in [0.25, 0.3) is 64.9 Å². The number of aliphatic hydroxyl groups excluding tert-OH is 1. The molecule has 0 aliphatic rings. The average Bonchev–Trinajstić information content (AvgIpc) is 3.82. The highest BCUT2D eigenvalue weighted by molar-refractivity contribution is 6.10. The van der Waals surface area contributed by atoms with Gasteiger partial charge in [0.1, 0.15) is 6.10 Å². The molecule has 10 aromatic rings. The summed E-state index contributed by atoms with van der Waals surface area (Å²) in [5, 5.41) is 23.5. The number of H-pyrrole nitrogens is 2. The van der Waals surface area contributed by atoms with Gasteiger partial charge in [-0.05, 0) is 84.0 Å². The van der Waals surface area contributed by atoms with Crippen LogP contribution in [0.2, 0.25) is 0 Å². The fourth-order valence-electron chi connectivity index (χ4n) is 7.86. The normalized spacial score (nSPS) is 12.8. The van der Waals surface area contributed by atoms with E-state index in [-0.39, 0.29) is 0 Å². The van der Waals surface area contributed by atoms with E-state index in [2.05, 4.69) is 144 Å². The highest BCUT2D eigenvalue weighted by Gasteiger charge is 2.19. The summed E-state index contributed by atoms with van der Waals surface area (Å²) >= 11 is 0. The van der Waals surface area contributed by atoms with Crippen LogP contribution in [-0.2, 0) is 0 Å². The third kappa shape index (κ3) is 5.03. The van der Waals surface area contributed by atoms with E-state index in [9.17, 15) is 5.11 Å². The van der Waals surface area contributed by atoms with Crippen LogP contribution in [0.15, 0.2) is 170 Å². The molecule has 2 unspecified atom stereocenters. The van der Waals surface area contributed by atoms with E-state index in [1.54, 1.807) is 0 Å². The number of hydrogen-bond acceptors (Lipinski definition) is 1. The predicted molar refractivity (Wildman–Crippen MR) is 211 cm³/mol. The van der Waals surface area contributed by atoms with Gasteiger partial charge in [-0.1, -0.05) is 140 Å². The lowest BCUT2D eigenvalue weighted by Gasteiger charge is -2.17. The molecule has 0 saturated heterocycles. The minimum Gasteiger partial charge on any atom is -0.384 e. The molecule has 10 rings (SSSR count). The van der Waals surface area contributed by atoms with Gasteiger partial charge in [-0.2, -0.15) is 0 Å². The lowest BCUT2D eigenvalue weighted by Crippen LogP contribution is -2.00. The first-order chi connectivity index (χ1) is 24.7. The molecule has 2 heterocycles. The van der Waals surface area contributed by atoms with Crippen LogP contribution in [-0.4, -0.2) is 15.1 Å². The molecule has 2 atom stereocenters. The van der Waals surface area contributed by atoms with Crippen molar-refractivity contribution in [2.75, 3.05) is 0 Å².